The summed E-state index contributed by atoms with van der Waals surface area (Å²) in [7, 11) is 1.74. The first kappa shape index (κ1) is 11.9. The molecule has 17 heavy (non-hydrogen) atoms. The zero-order chi connectivity index (χ0) is 12.4. The fourth-order valence-corrected chi connectivity index (χ4v) is 2.08. The van der Waals surface area contributed by atoms with Crippen LogP contribution in [0.1, 0.15) is 10.4 Å². The second-order valence-electron chi connectivity index (χ2n) is 3.08. The smallest absolute Gasteiger partial charge is 0.337 e. The molecule has 2 aromatic rings. The zero-order valence-corrected chi connectivity index (χ0v) is 10.2. The van der Waals surface area contributed by atoms with Crippen molar-refractivity contribution in [3.05, 3.63) is 29.2 Å². The van der Waals surface area contributed by atoms with Crippen LogP contribution in [0.25, 0.3) is 0 Å². The molecule has 1 N–H and O–H groups in total. The van der Waals surface area contributed by atoms with Gasteiger partial charge in [-0.3, -0.25) is 0 Å². The first-order valence-electron chi connectivity index (χ1n) is 4.48. The number of nitrogens with zero attached hydrogens (tertiary/aromatic N) is 4. The summed E-state index contributed by atoms with van der Waals surface area (Å²) < 4.78 is 1.58. The number of aromatic nitrogens is 4. The molecule has 0 aliphatic rings. The molecule has 2 aromatic heterocycles. The highest BCUT2D eigenvalue weighted by Crippen LogP contribution is 2.30. The zero-order valence-electron chi connectivity index (χ0n) is 8.66. The van der Waals surface area contributed by atoms with E-state index in [9.17, 15) is 4.79 Å². The number of halogens is 1. The molecule has 0 atom stereocenters. The molecular weight excluding hydrogens is 264 g/mol. The van der Waals surface area contributed by atoms with Gasteiger partial charge in [0.1, 0.15) is 11.4 Å². The quantitative estimate of drug-likeness (QED) is 0.914. The third kappa shape index (κ3) is 2.56. The molecule has 0 saturated carbocycles. The average molecular weight is 271 g/mol. The summed E-state index contributed by atoms with van der Waals surface area (Å²) in [5.74, 6) is -1.06. The minimum Gasteiger partial charge on any atom is -0.478 e. The number of aromatic carboxylic acids is 1. The van der Waals surface area contributed by atoms with E-state index in [0.717, 1.165) is 0 Å². The minimum atomic E-state index is -1.06. The van der Waals surface area contributed by atoms with Crippen molar-refractivity contribution in [2.75, 3.05) is 0 Å². The fourth-order valence-electron chi connectivity index (χ4n) is 1.08. The Morgan fingerprint density at radius 2 is 2.29 bits per heavy atom. The van der Waals surface area contributed by atoms with Gasteiger partial charge in [0.25, 0.3) is 0 Å². The number of aryl methyl sites for hydroxylation is 1. The molecule has 0 unspecified atom stereocenters. The molecule has 6 nitrogen and oxygen atoms in total. The summed E-state index contributed by atoms with van der Waals surface area (Å²) >= 11 is 7.16. The molecular formula is C9H7ClN4O2S. The molecule has 0 aliphatic heterocycles. The molecule has 0 radical (unpaired) electrons. The van der Waals surface area contributed by atoms with Crippen molar-refractivity contribution in [2.45, 2.75) is 10.2 Å². The van der Waals surface area contributed by atoms with Gasteiger partial charge in [0, 0.05) is 13.2 Å². The second kappa shape index (κ2) is 4.72. The Morgan fingerprint density at radius 1 is 1.53 bits per heavy atom. The lowest BCUT2D eigenvalue weighted by molar-refractivity contribution is 0.0696. The molecule has 0 spiro atoms. The molecule has 0 fully saturated rings. The van der Waals surface area contributed by atoms with Crippen molar-refractivity contribution in [1.82, 2.24) is 19.7 Å². The summed E-state index contributed by atoms with van der Waals surface area (Å²) in [6, 6.07) is 1.36. The van der Waals surface area contributed by atoms with Crippen molar-refractivity contribution >= 4 is 29.3 Å². The predicted molar refractivity (Wildman–Crippen MR) is 61.3 cm³/mol. The Balaban J connectivity index is 2.29. The maximum absolute atomic E-state index is 10.7. The van der Waals surface area contributed by atoms with Crippen molar-refractivity contribution < 1.29 is 9.90 Å². The Kier molecular flexibility index (Phi) is 3.30. The van der Waals surface area contributed by atoms with E-state index < -0.39 is 5.97 Å². The first-order valence-corrected chi connectivity index (χ1v) is 5.68. The van der Waals surface area contributed by atoms with Gasteiger partial charge >= 0.3 is 5.97 Å². The van der Waals surface area contributed by atoms with Crippen LogP contribution in [-0.2, 0) is 7.05 Å². The summed E-state index contributed by atoms with van der Waals surface area (Å²) in [5, 5.41) is 14.1. The lowest BCUT2D eigenvalue weighted by Gasteiger charge is -2.02. The van der Waals surface area contributed by atoms with Crippen molar-refractivity contribution in [1.29, 1.82) is 0 Å². The van der Waals surface area contributed by atoms with Gasteiger partial charge in [-0.1, -0.05) is 11.6 Å². The van der Waals surface area contributed by atoms with Gasteiger partial charge < -0.3 is 5.11 Å². The standard InChI is InChI=1S/C9H7ClN4O2S/c1-14-9(12-4-13-14)17-7-6(10)2-5(3-11-7)8(15)16/h2-4H,1H3,(H,15,16). The van der Waals surface area contributed by atoms with E-state index in [1.165, 1.54) is 30.4 Å². The van der Waals surface area contributed by atoms with Crippen LogP contribution in [-0.4, -0.2) is 30.8 Å². The first-order chi connectivity index (χ1) is 8.08. The molecule has 8 heteroatoms. The maximum atomic E-state index is 10.7. The lowest BCUT2D eigenvalue weighted by atomic mass is 10.3. The number of pyridine rings is 1. The van der Waals surface area contributed by atoms with E-state index in [1.54, 1.807) is 11.7 Å². The number of carboxylic acids is 1. The highest BCUT2D eigenvalue weighted by atomic mass is 35.5. The van der Waals surface area contributed by atoms with Crippen molar-refractivity contribution in [2.24, 2.45) is 7.05 Å². The summed E-state index contributed by atoms with van der Waals surface area (Å²) in [6.45, 7) is 0. The molecule has 0 saturated heterocycles. The molecule has 88 valence electrons. The molecule has 2 rings (SSSR count). The van der Waals surface area contributed by atoms with Gasteiger partial charge in [-0.15, -0.1) is 0 Å². The third-order valence-corrected chi connectivity index (χ3v) is 3.38. The highest BCUT2D eigenvalue weighted by molar-refractivity contribution is 7.99. The Bertz CT molecular complexity index is 572. The van der Waals surface area contributed by atoms with Gasteiger partial charge in [0.2, 0.25) is 0 Å². The molecule has 0 amide bonds. The summed E-state index contributed by atoms with van der Waals surface area (Å²) in [4.78, 5) is 18.7. The van der Waals surface area contributed by atoms with E-state index in [4.69, 9.17) is 16.7 Å². The molecule has 0 bridgehead atoms. The molecule has 0 aromatic carbocycles. The predicted octanol–water partition coefficient (Wildman–Crippen LogP) is 1.71. The number of hydrogen-bond donors (Lipinski definition) is 1. The van der Waals surface area contributed by atoms with E-state index >= 15 is 0 Å². The Morgan fingerprint density at radius 3 is 2.82 bits per heavy atom. The highest BCUT2D eigenvalue weighted by Gasteiger charge is 2.11. The monoisotopic (exact) mass is 270 g/mol. The van der Waals surface area contributed by atoms with Crippen LogP contribution in [0.15, 0.2) is 28.8 Å². The van der Waals surface area contributed by atoms with Gasteiger partial charge in [-0.05, 0) is 17.8 Å². The Hall–Kier alpha value is -1.60. The topological polar surface area (TPSA) is 80.9 Å². The van der Waals surface area contributed by atoms with Crippen LogP contribution in [0.5, 0.6) is 0 Å². The number of hydrogen-bond acceptors (Lipinski definition) is 5. The van der Waals surface area contributed by atoms with Crippen LogP contribution in [0.3, 0.4) is 0 Å². The van der Waals surface area contributed by atoms with E-state index in [0.29, 0.717) is 10.2 Å². The normalized spacial score (nSPS) is 10.5. The largest absolute Gasteiger partial charge is 0.478 e. The average Bonchev–Trinajstić information content (AvgIpc) is 2.67. The maximum Gasteiger partial charge on any atom is 0.337 e. The third-order valence-electron chi connectivity index (χ3n) is 1.91. The summed E-state index contributed by atoms with van der Waals surface area (Å²) in [6.07, 6.45) is 2.68. The SMILES string of the molecule is Cn1ncnc1Sc1ncc(C(=O)O)cc1Cl. The van der Waals surface area contributed by atoms with Gasteiger partial charge in [-0.2, -0.15) is 5.10 Å². The van der Waals surface area contributed by atoms with Crippen molar-refractivity contribution in [3.8, 4) is 0 Å². The van der Waals surface area contributed by atoms with E-state index in [2.05, 4.69) is 15.1 Å². The van der Waals surface area contributed by atoms with Crippen LogP contribution in [0.2, 0.25) is 5.02 Å². The van der Waals surface area contributed by atoms with E-state index in [-0.39, 0.29) is 10.6 Å². The van der Waals surface area contributed by atoms with Gasteiger partial charge in [0.05, 0.1) is 10.6 Å². The van der Waals surface area contributed by atoms with Crippen molar-refractivity contribution in [3.63, 3.8) is 0 Å². The van der Waals surface area contributed by atoms with Crippen LogP contribution in [0.4, 0.5) is 0 Å². The number of carboxylic acid groups (broad SMARTS) is 1. The molecule has 0 aliphatic carbocycles. The van der Waals surface area contributed by atoms with E-state index in [1.807, 2.05) is 0 Å². The van der Waals surface area contributed by atoms with Gasteiger partial charge in [-0.25, -0.2) is 19.4 Å². The second-order valence-corrected chi connectivity index (χ2v) is 4.45. The van der Waals surface area contributed by atoms with Crippen LogP contribution < -0.4 is 0 Å². The Labute approximate surface area is 106 Å². The fraction of sp³-hybridized carbons (Fsp3) is 0.111. The van der Waals surface area contributed by atoms with Crippen LogP contribution >= 0.6 is 23.4 Å². The van der Waals surface area contributed by atoms with Crippen LogP contribution in [0, 0.1) is 0 Å². The minimum absolute atomic E-state index is 0.0531. The number of rotatable bonds is 3. The van der Waals surface area contributed by atoms with Gasteiger partial charge in [0.15, 0.2) is 5.16 Å². The number of carbonyl (C=O) groups is 1. The molecule has 2 heterocycles. The summed E-state index contributed by atoms with van der Waals surface area (Å²) in [5.41, 5.74) is 0.0531. The lowest BCUT2D eigenvalue weighted by Crippen LogP contribution is -1.98.